The molecule has 0 aliphatic heterocycles. The number of ether oxygens (including phenoxy) is 4. The van der Waals surface area contributed by atoms with Gasteiger partial charge in [-0.15, -0.1) is 0 Å². The normalized spacial score (nSPS) is 12.5. The van der Waals surface area contributed by atoms with E-state index >= 15 is 0 Å². The Morgan fingerprint density at radius 2 is 1.52 bits per heavy atom. The summed E-state index contributed by atoms with van der Waals surface area (Å²) in [6, 6.07) is 7.76. The maximum absolute atomic E-state index is 5.88. The van der Waals surface area contributed by atoms with Gasteiger partial charge in [0.25, 0.3) is 0 Å². The highest BCUT2D eigenvalue weighted by atomic mass is 127. The van der Waals surface area contributed by atoms with Crippen molar-refractivity contribution in [3.8, 4) is 0 Å². The largest absolute Gasteiger partial charge is 0.382 e. The molecule has 4 nitrogen and oxygen atoms in total. The van der Waals surface area contributed by atoms with Crippen molar-refractivity contribution in [1.29, 1.82) is 0 Å². The number of hydrogen-bond donors (Lipinski definition) is 0. The van der Waals surface area contributed by atoms with Crippen LogP contribution in [-0.4, -0.2) is 51.2 Å². The number of hydrogen-bond acceptors (Lipinski definition) is 4. The lowest BCUT2D eigenvalue weighted by molar-refractivity contribution is -0.0109. The summed E-state index contributed by atoms with van der Waals surface area (Å²) in [4.78, 5) is 0. The van der Waals surface area contributed by atoms with Crippen LogP contribution < -0.4 is 0 Å². The van der Waals surface area contributed by atoms with Gasteiger partial charge in [0.15, 0.2) is 0 Å². The summed E-state index contributed by atoms with van der Waals surface area (Å²) in [6.45, 7) is 3.49. The molecule has 0 aromatic heterocycles. The highest BCUT2D eigenvalue weighted by Crippen LogP contribution is 2.21. The first-order valence-electron chi connectivity index (χ1n) is 6.85. The second kappa shape index (κ2) is 12.6. The molecular formula is C15H22ClIO4. The van der Waals surface area contributed by atoms with Crippen LogP contribution in [0.1, 0.15) is 11.7 Å². The van der Waals surface area contributed by atoms with Gasteiger partial charge in [0.05, 0.1) is 45.7 Å². The first-order valence-corrected chi connectivity index (χ1v) is 8.75. The molecule has 0 amide bonds. The van der Waals surface area contributed by atoms with Gasteiger partial charge >= 0.3 is 0 Å². The Kier molecular flexibility index (Phi) is 11.5. The molecule has 21 heavy (non-hydrogen) atoms. The molecule has 0 N–H and O–H groups in total. The Morgan fingerprint density at radius 1 is 0.952 bits per heavy atom. The summed E-state index contributed by atoms with van der Waals surface area (Å²) in [7, 11) is 1.65. The van der Waals surface area contributed by atoms with Gasteiger partial charge in [0.1, 0.15) is 0 Å². The first kappa shape index (κ1) is 19.1. The maximum Gasteiger partial charge on any atom is 0.0915 e. The van der Waals surface area contributed by atoms with Gasteiger partial charge in [-0.1, -0.05) is 46.3 Å². The Morgan fingerprint density at radius 3 is 2.10 bits per heavy atom. The number of halogens is 2. The van der Waals surface area contributed by atoms with Gasteiger partial charge in [-0.05, 0) is 17.7 Å². The number of methoxy groups -OCH3 is 1. The van der Waals surface area contributed by atoms with Gasteiger partial charge in [-0.3, -0.25) is 0 Å². The third kappa shape index (κ3) is 8.95. The summed E-state index contributed by atoms with van der Waals surface area (Å²) >= 11 is 8.20. The van der Waals surface area contributed by atoms with Gasteiger partial charge in [0.2, 0.25) is 0 Å². The molecule has 0 aliphatic rings. The minimum Gasteiger partial charge on any atom is -0.382 e. The summed E-state index contributed by atoms with van der Waals surface area (Å²) in [5.74, 6) is 0. The lowest BCUT2D eigenvalue weighted by Gasteiger charge is -2.16. The van der Waals surface area contributed by atoms with Crippen LogP contribution in [0.5, 0.6) is 0 Å². The Hall–Kier alpha value is 0.0800. The minimum atomic E-state index is 0.0735. The molecule has 0 bridgehead atoms. The molecule has 1 rings (SSSR count). The van der Waals surface area contributed by atoms with Gasteiger partial charge in [0, 0.05) is 16.6 Å². The zero-order valence-corrected chi connectivity index (χ0v) is 15.1. The molecule has 120 valence electrons. The lowest BCUT2D eigenvalue weighted by atomic mass is 10.1. The molecule has 1 aromatic rings. The molecule has 0 heterocycles. The lowest BCUT2D eigenvalue weighted by Crippen LogP contribution is -2.13. The van der Waals surface area contributed by atoms with E-state index in [0.717, 1.165) is 15.0 Å². The van der Waals surface area contributed by atoms with Crippen molar-refractivity contribution in [3.05, 3.63) is 34.9 Å². The molecular weight excluding hydrogens is 407 g/mol. The fourth-order valence-electron chi connectivity index (χ4n) is 1.62. The van der Waals surface area contributed by atoms with E-state index in [-0.39, 0.29) is 6.10 Å². The number of benzene rings is 1. The standard InChI is InChI=1S/C15H22ClIO4/c1-18-6-7-19-8-9-20-10-11-21-15(12-17)13-2-4-14(16)5-3-13/h2-5,15H,6-12H2,1H3. The van der Waals surface area contributed by atoms with Crippen LogP contribution in [-0.2, 0) is 18.9 Å². The van der Waals surface area contributed by atoms with E-state index in [0.29, 0.717) is 39.6 Å². The molecule has 1 aromatic carbocycles. The van der Waals surface area contributed by atoms with E-state index in [1.165, 1.54) is 0 Å². The van der Waals surface area contributed by atoms with E-state index in [2.05, 4.69) is 22.6 Å². The van der Waals surface area contributed by atoms with E-state index in [1.807, 2.05) is 24.3 Å². The van der Waals surface area contributed by atoms with Crippen molar-refractivity contribution in [2.24, 2.45) is 0 Å². The molecule has 0 saturated heterocycles. The topological polar surface area (TPSA) is 36.9 Å². The highest BCUT2D eigenvalue weighted by Gasteiger charge is 2.10. The molecule has 1 unspecified atom stereocenters. The molecule has 0 fully saturated rings. The second-order valence-electron chi connectivity index (χ2n) is 4.28. The number of rotatable bonds is 12. The van der Waals surface area contributed by atoms with Gasteiger partial charge < -0.3 is 18.9 Å². The average Bonchev–Trinajstić information content (AvgIpc) is 2.51. The van der Waals surface area contributed by atoms with Crippen molar-refractivity contribution in [2.75, 3.05) is 51.2 Å². The van der Waals surface area contributed by atoms with E-state index in [9.17, 15) is 0 Å². The predicted octanol–water partition coefficient (Wildman–Crippen LogP) is 3.51. The Balaban J connectivity index is 2.08. The van der Waals surface area contributed by atoms with Crippen LogP contribution in [0.15, 0.2) is 24.3 Å². The summed E-state index contributed by atoms with van der Waals surface area (Å²) < 4.78 is 22.3. The molecule has 6 heteroatoms. The Bertz CT molecular complexity index is 361. The predicted molar refractivity (Wildman–Crippen MR) is 92.5 cm³/mol. The molecule has 1 atom stereocenters. The third-order valence-corrected chi connectivity index (χ3v) is 3.78. The molecule has 0 saturated carbocycles. The summed E-state index contributed by atoms with van der Waals surface area (Å²) in [5, 5.41) is 0.739. The van der Waals surface area contributed by atoms with Crippen LogP contribution in [0.3, 0.4) is 0 Å². The van der Waals surface area contributed by atoms with Crippen molar-refractivity contribution in [3.63, 3.8) is 0 Å². The maximum atomic E-state index is 5.88. The summed E-state index contributed by atoms with van der Waals surface area (Å²) in [6.07, 6.45) is 0.0735. The quantitative estimate of drug-likeness (QED) is 0.290. The fraction of sp³-hybridized carbons (Fsp3) is 0.600. The van der Waals surface area contributed by atoms with E-state index in [4.69, 9.17) is 30.5 Å². The van der Waals surface area contributed by atoms with Gasteiger partial charge in [-0.25, -0.2) is 0 Å². The van der Waals surface area contributed by atoms with E-state index < -0.39 is 0 Å². The van der Waals surface area contributed by atoms with Crippen LogP contribution >= 0.6 is 34.2 Å². The fourth-order valence-corrected chi connectivity index (χ4v) is 2.51. The second-order valence-corrected chi connectivity index (χ2v) is 5.60. The van der Waals surface area contributed by atoms with Crippen molar-refractivity contribution >= 4 is 34.2 Å². The zero-order valence-electron chi connectivity index (χ0n) is 12.2. The summed E-state index contributed by atoms with van der Waals surface area (Å²) in [5.41, 5.74) is 1.14. The van der Waals surface area contributed by atoms with Crippen LogP contribution in [0.4, 0.5) is 0 Å². The van der Waals surface area contributed by atoms with Crippen molar-refractivity contribution < 1.29 is 18.9 Å². The molecule has 0 radical (unpaired) electrons. The van der Waals surface area contributed by atoms with Crippen LogP contribution in [0.2, 0.25) is 5.02 Å². The smallest absolute Gasteiger partial charge is 0.0915 e. The minimum absolute atomic E-state index is 0.0735. The first-order chi connectivity index (χ1) is 10.3. The van der Waals surface area contributed by atoms with Crippen LogP contribution in [0, 0.1) is 0 Å². The highest BCUT2D eigenvalue weighted by molar-refractivity contribution is 14.1. The Labute approximate surface area is 145 Å². The van der Waals surface area contributed by atoms with Crippen molar-refractivity contribution in [1.82, 2.24) is 0 Å². The third-order valence-electron chi connectivity index (χ3n) is 2.73. The number of alkyl halides is 1. The zero-order chi connectivity index (χ0) is 15.3. The molecule has 0 aliphatic carbocycles. The average molecular weight is 429 g/mol. The van der Waals surface area contributed by atoms with Crippen LogP contribution in [0.25, 0.3) is 0 Å². The van der Waals surface area contributed by atoms with E-state index in [1.54, 1.807) is 7.11 Å². The monoisotopic (exact) mass is 428 g/mol. The molecule has 0 spiro atoms. The van der Waals surface area contributed by atoms with Gasteiger partial charge in [-0.2, -0.15) is 0 Å². The van der Waals surface area contributed by atoms with Crippen molar-refractivity contribution in [2.45, 2.75) is 6.10 Å². The SMILES string of the molecule is COCCOCCOCCOC(CI)c1ccc(Cl)cc1.